The molecule has 1 aromatic carbocycles. The van der Waals surface area contributed by atoms with Gasteiger partial charge in [-0.2, -0.15) is 0 Å². The fraction of sp³-hybridized carbons (Fsp3) is 0.571. The molecule has 1 saturated heterocycles. The van der Waals surface area contributed by atoms with Crippen molar-refractivity contribution in [1.82, 2.24) is 0 Å². The van der Waals surface area contributed by atoms with Gasteiger partial charge in [-0.05, 0) is 30.7 Å². The largest absolute Gasteiger partial charge is 0.377 e. The third-order valence-electron chi connectivity index (χ3n) is 3.56. The van der Waals surface area contributed by atoms with Gasteiger partial charge in [-0.15, -0.1) is 0 Å². The second kappa shape index (κ2) is 6.18. The summed E-state index contributed by atoms with van der Waals surface area (Å²) >= 11 is 0. The van der Waals surface area contributed by atoms with Crippen molar-refractivity contribution in [2.75, 3.05) is 38.8 Å². The minimum absolute atomic E-state index is 0.152. The van der Waals surface area contributed by atoms with E-state index in [0.29, 0.717) is 6.54 Å². The van der Waals surface area contributed by atoms with Crippen molar-refractivity contribution < 1.29 is 9.47 Å². The molecule has 2 unspecified atom stereocenters. The van der Waals surface area contributed by atoms with E-state index < -0.39 is 0 Å². The molecule has 0 spiro atoms. The molecule has 2 N–H and O–H groups in total. The lowest BCUT2D eigenvalue weighted by molar-refractivity contribution is -0.00461. The maximum atomic E-state index is 5.55. The lowest BCUT2D eigenvalue weighted by Crippen LogP contribution is -2.27. The zero-order valence-electron chi connectivity index (χ0n) is 11.1. The Hall–Kier alpha value is -1.10. The van der Waals surface area contributed by atoms with E-state index >= 15 is 0 Å². The number of rotatable bonds is 5. The Kier molecular flexibility index (Phi) is 4.58. The van der Waals surface area contributed by atoms with Gasteiger partial charge in [0, 0.05) is 33.0 Å². The summed E-state index contributed by atoms with van der Waals surface area (Å²) in [6.45, 7) is 2.46. The molecule has 4 heteroatoms. The van der Waals surface area contributed by atoms with Crippen LogP contribution in [0.4, 0.5) is 5.69 Å². The Morgan fingerprint density at radius 3 is 2.11 bits per heavy atom. The van der Waals surface area contributed by atoms with Crippen LogP contribution in [0, 0.1) is 0 Å². The van der Waals surface area contributed by atoms with Crippen LogP contribution in [0.1, 0.15) is 5.56 Å². The Labute approximate surface area is 109 Å². The minimum Gasteiger partial charge on any atom is -0.377 e. The fourth-order valence-corrected chi connectivity index (χ4v) is 2.45. The summed E-state index contributed by atoms with van der Waals surface area (Å²) in [4.78, 5) is 2.30. The Morgan fingerprint density at radius 2 is 1.67 bits per heavy atom. The quantitative estimate of drug-likeness (QED) is 0.848. The zero-order valence-corrected chi connectivity index (χ0v) is 11.1. The van der Waals surface area contributed by atoms with E-state index in [4.69, 9.17) is 15.2 Å². The third-order valence-corrected chi connectivity index (χ3v) is 3.56. The molecular weight excluding hydrogens is 228 g/mol. The normalized spacial score (nSPS) is 23.6. The van der Waals surface area contributed by atoms with Gasteiger partial charge in [0.25, 0.3) is 0 Å². The predicted octanol–water partition coefficient (Wildman–Crippen LogP) is 1.04. The van der Waals surface area contributed by atoms with Gasteiger partial charge < -0.3 is 20.1 Å². The second-order valence-corrected chi connectivity index (χ2v) is 4.66. The summed E-state index contributed by atoms with van der Waals surface area (Å²) < 4.78 is 10.9. The highest BCUT2D eigenvalue weighted by Gasteiger charge is 2.32. The summed E-state index contributed by atoms with van der Waals surface area (Å²) in [6.07, 6.45) is 1.24. The molecule has 0 aromatic heterocycles. The van der Waals surface area contributed by atoms with Crippen molar-refractivity contribution in [3.8, 4) is 0 Å². The minimum atomic E-state index is 0.152. The number of ether oxygens (including phenoxy) is 2. The lowest BCUT2D eigenvalue weighted by atomic mass is 10.1. The fourth-order valence-electron chi connectivity index (χ4n) is 2.45. The number of nitrogens with two attached hydrogens (primary N) is 1. The van der Waals surface area contributed by atoms with E-state index in [1.807, 2.05) is 0 Å². The van der Waals surface area contributed by atoms with Crippen LogP contribution in [-0.2, 0) is 15.9 Å². The number of anilines is 1. The first-order chi connectivity index (χ1) is 8.78. The zero-order chi connectivity index (χ0) is 13.0. The first kappa shape index (κ1) is 13.3. The number of methoxy groups -OCH3 is 2. The van der Waals surface area contributed by atoms with Crippen molar-refractivity contribution in [3.05, 3.63) is 29.8 Å². The standard InChI is InChI=1S/C14H22N2O2/c1-17-13-9-16(10-14(13)18-2)12-5-3-11(4-6-12)7-8-15/h3-6,13-14H,7-10,15H2,1-2H3. The lowest BCUT2D eigenvalue weighted by Gasteiger charge is -2.18. The molecule has 2 rings (SSSR count). The molecule has 0 aliphatic carbocycles. The topological polar surface area (TPSA) is 47.7 Å². The number of hydrogen-bond acceptors (Lipinski definition) is 4. The van der Waals surface area contributed by atoms with Crippen molar-refractivity contribution in [1.29, 1.82) is 0 Å². The SMILES string of the molecule is COC1CN(c2ccc(CCN)cc2)CC1OC. The molecular formula is C14H22N2O2. The van der Waals surface area contributed by atoms with E-state index in [-0.39, 0.29) is 12.2 Å². The van der Waals surface area contributed by atoms with E-state index in [9.17, 15) is 0 Å². The van der Waals surface area contributed by atoms with Crippen LogP contribution in [0.2, 0.25) is 0 Å². The predicted molar refractivity (Wildman–Crippen MR) is 73.0 cm³/mol. The highest BCUT2D eigenvalue weighted by Crippen LogP contribution is 2.23. The molecule has 1 fully saturated rings. The van der Waals surface area contributed by atoms with Gasteiger partial charge in [-0.3, -0.25) is 0 Å². The maximum Gasteiger partial charge on any atom is 0.102 e. The molecule has 2 atom stereocenters. The summed E-state index contributed by atoms with van der Waals surface area (Å²) in [6, 6.07) is 8.58. The number of hydrogen-bond donors (Lipinski definition) is 1. The monoisotopic (exact) mass is 250 g/mol. The van der Waals surface area contributed by atoms with Crippen LogP contribution < -0.4 is 10.6 Å². The van der Waals surface area contributed by atoms with Crippen molar-refractivity contribution in [2.24, 2.45) is 5.73 Å². The molecule has 4 nitrogen and oxygen atoms in total. The smallest absolute Gasteiger partial charge is 0.102 e. The van der Waals surface area contributed by atoms with Crippen molar-refractivity contribution >= 4 is 5.69 Å². The molecule has 1 aromatic rings. The van der Waals surface area contributed by atoms with E-state index in [1.165, 1.54) is 11.3 Å². The van der Waals surface area contributed by atoms with Crippen LogP contribution in [0.5, 0.6) is 0 Å². The molecule has 18 heavy (non-hydrogen) atoms. The van der Waals surface area contributed by atoms with E-state index in [0.717, 1.165) is 19.5 Å². The van der Waals surface area contributed by atoms with Gasteiger partial charge in [0.05, 0.1) is 0 Å². The van der Waals surface area contributed by atoms with Crippen LogP contribution >= 0.6 is 0 Å². The first-order valence-electron chi connectivity index (χ1n) is 6.38. The molecule has 1 aliphatic rings. The van der Waals surface area contributed by atoms with Gasteiger partial charge >= 0.3 is 0 Å². The third kappa shape index (κ3) is 2.83. The number of nitrogens with zero attached hydrogens (tertiary/aromatic N) is 1. The summed E-state index contributed by atoms with van der Waals surface area (Å²) in [5, 5.41) is 0. The Bertz CT molecular complexity index is 355. The van der Waals surface area contributed by atoms with Gasteiger partial charge in [0.1, 0.15) is 12.2 Å². The van der Waals surface area contributed by atoms with Crippen molar-refractivity contribution in [3.63, 3.8) is 0 Å². The molecule has 1 heterocycles. The highest BCUT2D eigenvalue weighted by atomic mass is 16.5. The van der Waals surface area contributed by atoms with E-state index in [1.54, 1.807) is 14.2 Å². The number of benzene rings is 1. The first-order valence-corrected chi connectivity index (χ1v) is 6.38. The van der Waals surface area contributed by atoms with Crippen molar-refractivity contribution in [2.45, 2.75) is 18.6 Å². The van der Waals surface area contributed by atoms with Crippen LogP contribution in [0.3, 0.4) is 0 Å². The average molecular weight is 250 g/mol. The van der Waals surface area contributed by atoms with Gasteiger partial charge in [0.2, 0.25) is 0 Å². The van der Waals surface area contributed by atoms with Crippen LogP contribution in [0.25, 0.3) is 0 Å². The van der Waals surface area contributed by atoms with Gasteiger partial charge in [-0.25, -0.2) is 0 Å². The van der Waals surface area contributed by atoms with Gasteiger partial charge in [-0.1, -0.05) is 12.1 Å². The Morgan fingerprint density at radius 1 is 1.11 bits per heavy atom. The molecule has 0 amide bonds. The molecule has 0 saturated carbocycles. The van der Waals surface area contributed by atoms with E-state index in [2.05, 4.69) is 29.2 Å². The van der Waals surface area contributed by atoms with Crippen LogP contribution in [-0.4, -0.2) is 46.1 Å². The van der Waals surface area contributed by atoms with Gasteiger partial charge in [0.15, 0.2) is 0 Å². The highest BCUT2D eigenvalue weighted by molar-refractivity contribution is 5.49. The summed E-state index contributed by atoms with van der Waals surface area (Å²) in [7, 11) is 3.48. The molecule has 100 valence electrons. The second-order valence-electron chi connectivity index (χ2n) is 4.66. The van der Waals surface area contributed by atoms with Crippen LogP contribution in [0.15, 0.2) is 24.3 Å². The molecule has 0 radical (unpaired) electrons. The average Bonchev–Trinajstić information content (AvgIpc) is 2.83. The Balaban J connectivity index is 2.04. The molecule has 0 bridgehead atoms. The summed E-state index contributed by atoms with van der Waals surface area (Å²) in [5.74, 6) is 0. The maximum absolute atomic E-state index is 5.55. The summed E-state index contributed by atoms with van der Waals surface area (Å²) in [5.41, 5.74) is 8.05. The molecule has 1 aliphatic heterocycles.